The van der Waals surface area contributed by atoms with Gasteiger partial charge in [-0.25, -0.2) is 8.78 Å². The largest absolute Gasteiger partial charge is 0.279 e. The number of hydrogen-bond acceptors (Lipinski definition) is 2. The second-order valence-corrected chi connectivity index (χ2v) is 6.07. The van der Waals surface area contributed by atoms with Crippen molar-refractivity contribution in [2.45, 2.75) is 26.7 Å². The number of aryl methyl sites for hydroxylation is 1. The average molecular weight is 338 g/mol. The van der Waals surface area contributed by atoms with Gasteiger partial charge in [0.2, 0.25) is 0 Å². The first-order valence-electron chi connectivity index (χ1n) is 7.06. The number of hydrogen-bond donors (Lipinski definition) is 1. The maximum atomic E-state index is 13.6. The summed E-state index contributed by atoms with van der Waals surface area (Å²) in [4.78, 5) is 12.7. The zero-order valence-corrected chi connectivity index (χ0v) is 13.5. The van der Waals surface area contributed by atoms with E-state index in [1.54, 1.807) is 13.1 Å². The third-order valence-corrected chi connectivity index (χ3v) is 4.09. The number of benzene rings is 1. The lowest BCUT2D eigenvalue weighted by molar-refractivity contribution is 0.510. The molecule has 3 rings (SSSR count). The van der Waals surface area contributed by atoms with Crippen molar-refractivity contribution in [3.63, 3.8) is 0 Å². The molecule has 1 N–H and O–H groups in total. The quantitative estimate of drug-likeness (QED) is 0.766. The Labute approximate surface area is 135 Å². The maximum absolute atomic E-state index is 13.6. The average Bonchev–Trinajstić information content (AvgIpc) is 2.81. The van der Waals surface area contributed by atoms with Gasteiger partial charge in [-0.2, -0.15) is 5.10 Å². The van der Waals surface area contributed by atoms with Crippen LogP contribution in [-0.4, -0.2) is 14.8 Å². The summed E-state index contributed by atoms with van der Waals surface area (Å²) in [6.45, 7) is 5.55. The number of halogens is 3. The number of aromatic amines is 1. The van der Waals surface area contributed by atoms with Crippen LogP contribution in [0.1, 0.15) is 31.0 Å². The molecule has 0 saturated heterocycles. The van der Waals surface area contributed by atoms with Crippen molar-refractivity contribution in [2.24, 2.45) is 0 Å². The fourth-order valence-electron chi connectivity index (χ4n) is 2.66. The van der Waals surface area contributed by atoms with Gasteiger partial charge in [0.05, 0.1) is 11.1 Å². The topological polar surface area (TPSA) is 50.7 Å². The van der Waals surface area contributed by atoms with Gasteiger partial charge in [-0.15, -0.1) is 0 Å². The molecule has 0 aliphatic heterocycles. The first-order valence-corrected chi connectivity index (χ1v) is 7.44. The van der Waals surface area contributed by atoms with Gasteiger partial charge in [-0.05, 0) is 35.9 Å². The smallest absolute Gasteiger partial charge is 0.263 e. The van der Waals surface area contributed by atoms with E-state index in [1.165, 1.54) is 4.57 Å². The van der Waals surface area contributed by atoms with E-state index in [4.69, 9.17) is 11.6 Å². The third kappa shape index (κ3) is 2.43. The van der Waals surface area contributed by atoms with Gasteiger partial charge in [-0.1, -0.05) is 25.4 Å². The molecular formula is C16H14ClF2N3O. The van der Waals surface area contributed by atoms with Gasteiger partial charge in [-0.3, -0.25) is 14.5 Å². The highest BCUT2D eigenvalue weighted by Gasteiger charge is 2.19. The molecular weight excluding hydrogens is 324 g/mol. The fraction of sp³-hybridized carbons (Fsp3) is 0.250. The predicted octanol–water partition coefficient (Wildman–Crippen LogP) is 4.08. The third-order valence-electron chi connectivity index (χ3n) is 3.82. The minimum absolute atomic E-state index is 0.000180. The van der Waals surface area contributed by atoms with Crippen LogP contribution in [0.5, 0.6) is 0 Å². The summed E-state index contributed by atoms with van der Waals surface area (Å²) < 4.78 is 28.6. The van der Waals surface area contributed by atoms with E-state index in [1.807, 2.05) is 13.8 Å². The fourth-order valence-corrected chi connectivity index (χ4v) is 2.93. The van der Waals surface area contributed by atoms with E-state index in [2.05, 4.69) is 10.2 Å². The molecule has 4 nitrogen and oxygen atoms in total. The van der Waals surface area contributed by atoms with E-state index in [0.717, 1.165) is 17.7 Å². The molecule has 23 heavy (non-hydrogen) atoms. The molecule has 0 unspecified atom stereocenters. The summed E-state index contributed by atoms with van der Waals surface area (Å²) in [6.07, 6.45) is 1.61. The molecule has 2 heterocycles. The zero-order valence-electron chi connectivity index (χ0n) is 12.7. The molecule has 3 aromatic rings. The Balaban J connectivity index is 2.49. The Morgan fingerprint density at radius 1 is 1.22 bits per heavy atom. The van der Waals surface area contributed by atoms with Crippen LogP contribution in [0.2, 0.25) is 5.15 Å². The van der Waals surface area contributed by atoms with E-state index in [9.17, 15) is 13.6 Å². The summed E-state index contributed by atoms with van der Waals surface area (Å²) in [6, 6.07) is 1.99. The molecule has 0 aliphatic carbocycles. The SMILES string of the molecule is Cc1[nH]nc(Cl)c1-n1cc(C(C)C)c2cc(F)c(F)cc2c1=O. The Morgan fingerprint density at radius 3 is 2.35 bits per heavy atom. The lowest BCUT2D eigenvalue weighted by Crippen LogP contribution is -2.20. The summed E-state index contributed by atoms with van der Waals surface area (Å²) in [5.41, 5.74) is 1.25. The number of H-pyrrole nitrogens is 1. The standard InChI is InChI=1S/C16H14ClF2N3O/c1-7(2)11-6-22(14-8(3)20-21-15(14)17)16(23)10-5-13(19)12(18)4-9(10)11/h4-7H,1-3H3,(H,20,21). The molecule has 0 fully saturated rings. The second kappa shape index (κ2) is 5.45. The van der Waals surface area contributed by atoms with E-state index < -0.39 is 17.2 Å². The molecule has 0 spiro atoms. The first-order chi connectivity index (χ1) is 10.8. The molecule has 0 amide bonds. The first kappa shape index (κ1) is 15.7. The molecule has 120 valence electrons. The molecule has 7 heteroatoms. The van der Waals surface area contributed by atoms with Crippen molar-refractivity contribution >= 4 is 22.4 Å². The zero-order chi connectivity index (χ0) is 16.9. The number of pyridine rings is 1. The van der Waals surface area contributed by atoms with Gasteiger partial charge in [0.25, 0.3) is 5.56 Å². The van der Waals surface area contributed by atoms with Crippen LogP contribution < -0.4 is 5.56 Å². The van der Waals surface area contributed by atoms with Crippen molar-refractivity contribution < 1.29 is 8.78 Å². The van der Waals surface area contributed by atoms with E-state index in [0.29, 0.717) is 16.8 Å². The molecule has 0 bridgehead atoms. The summed E-state index contributed by atoms with van der Waals surface area (Å²) in [5, 5.41) is 7.21. The van der Waals surface area contributed by atoms with Crippen LogP contribution in [0.3, 0.4) is 0 Å². The Morgan fingerprint density at radius 2 is 1.83 bits per heavy atom. The van der Waals surface area contributed by atoms with Gasteiger partial charge in [0.15, 0.2) is 16.8 Å². The van der Waals surface area contributed by atoms with Crippen LogP contribution in [0.4, 0.5) is 8.78 Å². The molecule has 0 aliphatic rings. The normalized spacial score (nSPS) is 11.6. The number of nitrogens with one attached hydrogen (secondary N) is 1. The van der Waals surface area contributed by atoms with Crippen molar-refractivity contribution in [3.8, 4) is 5.69 Å². The summed E-state index contributed by atoms with van der Waals surface area (Å²) >= 11 is 6.06. The van der Waals surface area contributed by atoms with Crippen LogP contribution in [-0.2, 0) is 0 Å². The molecule has 0 atom stereocenters. The minimum Gasteiger partial charge on any atom is -0.279 e. The predicted molar refractivity (Wildman–Crippen MR) is 85.4 cm³/mol. The summed E-state index contributed by atoms with van der Waals surface area (Å²) in [5.74, 6) is -2.04. The molecule has 0 saturated carbocycles. The van der Waals surface area contributed by atoms with Gasteiger partial charge >= 0.3 is 0 Å². The molecule has 2 aromatic heterocycles. The van der Waals surface area contributed by atoms with Crippen molar-refractivity contribution in [1.29, 1.82) is 0 Å². The van der Waals surface area contributed by atoms with E-state index in [-0.39, 0.29) is 16.5 Å². The van der Waals surface area contributed by atoms with Crippen molar-refractivity contribution in [1.82, 2.24) is 14.8 Å². The van der Waals surface area contributed by atoms with Crippen LogP contribution in [0.25, 0.3) is 16.5 Å². The lowest BCUT2D eigenvalue weighted by atomic mass is 9.98. The van der Waals surface area contributed by atoms with Crippen molar-refractivity contribution in [2.75, 3.05) is 0 Å². The van der Waals surface area contributed by atoms with Gasteiger partial charge in [0, 0.05) is 6.20 Å². The highest BCUT2D eigenvalue weighted by Crippen LogP contribution is 2.28. The Bertz CT molecular complexity index is 956. The maximum Gasteiger partial charge on any atom is 0.263 e. The minimum atomic E-state index is -1.06. The lowest BCUT2D eigenvalue weighted by Gasteiger charge is -2.15. The number of aromatic nitrogens is 3. The monoisotopic (exact) mass is 337 g/mol. The van der Waals surface area contributed by atoms with Gasteiger partial charge < -0.3 is 0 Å². The number of nitrogens with zero attached hydrogens (tertiary/aromatic N) is 2. The van der Waals surface area contributed by atoms with Crippen LogP contribution in [0, 0.1) is 18.6 Å². The molecule has 0 radical (unpaired) electrons. The van der Waals surface area contributed by atoms with Crippen LogP contribution in [0.15, 0.2) is 23.1 Å². The van der Waals surface area contributed by atoms with Crippen LogP contribution >= 0.6 is 11.6 Å². The Kier molecular flexibility index (Phi) is 3.72. The number of fused-ring (bicyclic) bond motifs is 1. The Hall–Kier alpha value is -2.21. The molecule has 1 aromatic carbocycles. The highest BCUT2D eigenvalue weighted by molar-refractivity contribution is 6.31. The summed E-state index contributed by atoms with van der Waals surface area (Å²) in [7, 11) is 0. The second-order valence-electron chi connectivity index (χ2n) is 5.71. The highest BCUT2D eigenvalue weighted by atomic mass is 35.5. The number of rotatable bonds is 2. The van der Waals surface area contributed by atoms with Crippen molar-refractivity contribution in [3.05, 3.63) is 56.7 Å². The van der Waals surface area contributed by atoms with E-state index >= 15 is 0 Å². The van der Waals surface area contributed by atoms with Gasteiger partial charge in [0.1, 0.15) is 5.69 Å².